The van der Waals surface area contributed by atoms with Gasteiger partial charge in [0, 0.05) is 24.7 Å². The fourth-order valence-corrected chi connectivity index (χ4v) is 7.62. The molecule has 7 unspecified atom stereocenters. The molecular weight excluding hydrogens is 416 g/mol. The van der Waals surface area contributed by atoms with Crippen LogP contribution in [0.2, 0.25) is 0 Å². The number of hydrogen-bond donors (Lipinski definition) is 0. The van der Waals surface area contributed by atoms with Crippen molar-refractivity contribution in [3.63, 3.8) is 0 Å². The molecule has 33 heavy (non-hydrogen) atoms. The van der Waals surface area contributed by atoms with Gasteiger partial charge >= 0.3 is 11.9 Å². The van der Waals surface area contributed by atoms with Crippen molar-refractivity contribution in [1.82, 2.24) is 0 Å². The van der Waals surface area contributed by atoms with Gasteiger partial charge in [-0.2, -0.15) is 0 Å². The van der Waals surface area contributed by atoms with Gasteiger partial charge in [0.05, 0.1) is 5.56 Å². The number of carbonyl (C=O) groups is 3. The van der Waals surface area contributed by atoms with E-state index in [0.717, 1.165) is 38.5 Å². The van der Waals surface area contributed by atoms with E-state index in [1.165, 1.54) is 12.5 Å². The maximum atomic E-state index is 13.5. The number of fused-ring (bicyclic) bond motifs is 5. The second-order valence-corrected chi connectivity index (χ2v) is 11.1. The van der Waals surface area contributed by atoms with Crippen molar-refractivity contribution in [2.45, 2.75) is 77.9 Å². The SMILES string of the molecule is CC(=O)OC1CCC2(C)C(=CC(=O)C3C2CCC2(C)C(OC(=O)c4ccccc4)CCC32)C1. The van der Waals surface area contributed by atoms with E-state index in [2.05, 4.69) is 13.8 Å². The molecule has 5 nitrogen and oxygen atoms in total. The molecule has 1 aromatic rings. The van der Waals surface area contributed by atoms with Gasteiger partial charge in [-0.15, -0.1) is 0 Å². The number of ketones is 1. The molecule has 5 heteroatoms. The first-order chi connectivity index (χ1) is 15.7. The van der Waals surface area contributed by atoms with Gasteiger partial charge in [0.2, 0.25) is 0 Å². The number of allylic oxidation sites excluding steroid dienone is 1. The quantitative estimate of drug-likeness (QED) is 0.586. The number of carbonyl (C=O) groups excluding carboxylic acids is 3. The Labute approximate surface area is 195 Å². The van der Waals surface area contributed by atoms with Gasteiger partial charge in [-0.1, -0.05) is 37.6 Å². The second-order valence-electron chi connectivity index (χ2n) is 11.1. The first-order valence-corrected chi connectivity index (χ1v) is 12.4. The third-order valence-corrected chi connectivity index (χ3v) is 9.41. The Kier molecular flexibility index (Phi) is 5.49. The molecule has 4 aliphatic rings. The van der Waals surface area contributed by atoms with Gasteiger partial charge in [-0.3, -0.25) is 9.59 Å². The summed E-state index contributed by atoms with van der Waals surface area (Å²) in [6.07, 6.45) is 7.75. The second kappa shape index (κ2) is 8.11. The Morgan fingerprint density at radius 3 is 2.42 bits per heavy atom. The third kappa shape index (κ3) is 3.64. The first kappa shape index (κ1) is 22.4. The Hall–Kier alpha value is -2.43. The number of esters is 2. The molecule has 4 aliphatic carbocycles. The lowest BCUT2D eigenvalue weighted by molar-refractivity contribution is -0.149. The standard InChI is InChI=1S/C28H34O5/c1-17(29)32-20-11-13-27(2)19(15-20)16-23(30)25-21-9-10-24(28(21,3)14-12-22(25)27)33-26(31)18-7-5-4-6-8-18/h4-8,16,20-22,24-25H,9-15H2,1-3H3. The summed E-state index contributed by atoms with van der Waals surface area (Å²) < 4.78 is 11.5. The molecule has 0 heterocycles. The van der Waals surface area contributed by atoms with Crippen molar-refractivity contribution in [2.75, 3.05) is 0 Å². The third-order valence-electron chi connectivity index (χ3n) is 9.41. The minimum Gasteiger partial charge on any atom is -0.462 e. The summed E-state index contributed by atoms with van der Waals surface area (Å²) in [6, 6.07) is 9.17. The lowest BCUT2D eigenvalue weighted by Gasteiger charge is -2.56. The van der Waals surface area contributed by atoms with Gasteiger partial charge in [0.15, 0.2) is 5.78 Å². The van der Waals surface area contributed by atoms with Crippen LogP contribution in [0.5, 0.6) is 0 Å². The Balaban J connectivity index is 1.37. The van der Waals surface area contributed by atoms with Crippen LogP contribution in [0.1, 0.15) is 76.1 Å². The molecule has 0 aromatic heterocycles. The lowest BCUT2D eigenvalue weighted by Crippen LogP contribution is -2.54. The molecule has 0 aliphatic heterocycles. The van der Waals surface area contributed by atoms with Crippen molar-refractivity contribution < 1.29 is 23.9 Å². The minimum atomic E-state index is -0.266. The summed E-state index contributed by atoms with van der Waals surface area (Å²) >= 11 is 0. The molecular formula is C28H34O5. The molecule has 0 radical (unpaired) electrons. The number of hydrogen-bond acceptors (Lipinski definition) is 5. The fourth-order valence-electron chi connectivity index (χ4n) is 7.62. The fraction of sp³-hybridized carbons (Fsp3) is 0.607. The molecule has 0 spiro atoms. The Morgan fingerprint density at radius 2 is 1.70 bits per heavy atom. The molecule has 3 fully saturated rings. The minimum absolute atomic E-state index is 0.0109. The zero-order valence-corrected chi connectivity index (χ0v) is 19.8. The number of rotatable bonds is 3. The van der Waals surface area contributed by atoms with Crippen LogP contribution in [0.25, 0.3) is 0 Å². The van der Waals surface area contributed by atoms with Crippen LogP contribution in [0.4, 0.5) is 0 Å². The maximum Gasteiger partial charge on any atom is 0.338 e. The summed E-state index contributed by atoms with van der Waals surface area (Å²) in [7, 11) is 0. The average molecular weight is 451 g/mol. The Bertz CT molecular complexity index is 997. The molecule has 5 rings (SSSR count). The highest BCUT2D eigenvalue weighted by atomic mass is 16.5. The summed E-state index contributed by atoms with van der Waals surface area (Å²) in [6.45, 7) is 6.00. The summed E-state index contributed by atoms with van der Waals surface area (Å²) in [5, 5.41) is 0. The summed E-state index contributed by atoms with van der Waals surface area (Å²) in [4.78, 5) is 37.7. The van der Waals surface area contributed by atoms with Crippen LogP contribution >= 0.6 is 0 Å². The van der Waals surface area contributed by atoms with Crippen LogP contribution in [0.15, 0.2) is 42.0 Å². The first-order valence-electron chi connectivity index (χ1n) is 12.4. The lowest BCUT2D eigenvalue weighted by atomic mass is 9.47. The monoisotopic (exact) mass is 450 g/mol. The van der Waals surface area contributed by atoms with Crippen LogP contribution in [0, 0.1) is 28.6 Å². The van der Waals surface area contributed by atoms with Crippen LogP contribution in [0.3, 0.4) is 0 Å². The highest BCUT2D eigenvalue weighted by Gasteiger charge is 2.62. The van der Waals surface area contributed by atoms with Gasteiger partial charge in [0.25, 0.3) is 0 Å². The molecule has 3 saturated carbocycles. The van der Waals surface area contributed by atoms with E-state index in [0.29, 0.717) is 17.9 Å². The summed E-state index contributed by atoms with van der Waals surface area (Å²) in [5.41, 5.74) is 1.56. The normalized spacial score (nSPS) is 39.5. The highest BCUT2D eigenvalue weighted by Crippen LogP contribution is 2.64. The molecule has 7 atom stereocenters. The van der Waals surface area contributed by atoms with Crippen LogP contribution in [-0.4, -0.2) is 29.9 Å². The highest BCUT2D eigenvalue weighted by molar-refractivity contribution is 5.94. The zero-order valence-electron chi connectivity index (χ0n) is 19.8. The van der Waals surface area contributed by atoms with Crippen molar-refractivity contribution in [1.29, 1.82) is 0 Å². The van der Waals surface area contributed by atoms with E-state index < -0.39 is 0 Å². The molecule has 1 aromatic carbocycles. The predicted molar refractivity (Wildman–Crippen MR) is 123 cm³/mol. The van der Waals surface area contributed by atoms with E-state index in [9.17, 15) is 14.4 Å². The van der Waals surface area contributed by atoms with Gasteiger partial charge in [-0.05, 0) is 74.0 Å². The van der Waals surface area contributed by atoms with Crippen molar-refractivity contribution >= 4 is 17.7 Å². The van der Waals surface area contributed by atoms with Gasteiger partial charge < -0.3 is 9.47 Å². The maximum absolute atomic E-state index is 13.5. The Morgan fingerprint density at radius 1 is 0.939 bits per heavy atom. The van der Waals surface area contributed by atoms with Crippen LogP contribution in [-0.2, 0) is 19.1 Å². The molecule has 0 amide bonds. The van der Waals surface area contributed by atoms with Gasteiger partial charge in [0.1, 0.15) is 12.2 Å². The van der Waals surface area contributed by atoms with E-state index in [-0.39, 0.29) is 52.6 Å². The van der Waals surface area contributed by atoms with E-state index >= 15 is 0 Å². The number of ether oxygens (including phenoxy) is 2. The average Bonchev–Trinajstić information content (AvgIpc) is 3.11. The molecule has 0 saturated heterocycles. The smallest absolute Gasteiger partial charge is 0.338 e. The van der Waals surface area contributed by atoms with Crippen molar-refractivity contribution in [3.8, 4) is 0 Å². The van der Waals surface area contributed by atoms with Crippen molar-refractivity contribution in [3.05, 3.63) is 47.5 Å². The van der Waals surface area contributed by atoms with Gasteiger partial charge in [-0.25, -0.2) is 4.79 Å². The largest absolute Gasteiger partial charge is 0.462 e. The molecule has 176 valence electrons. The zero-order chi connectivity index (χ0) is 23.4. The van der Waals surface area contributed by atoms with E-state index in [4.69, 9.17) is 9.47 Å². The summed E-state index contributed by atoms with van der Waals surface area (Å²) in [5.74, 6) is 0.241. The van der Waals surface area contributed by atoms with E-state index in [1.807, 2.05) is 24.3 Å². The topological polar surface area (TPSA) is 69.7 Å². The predicted octanol–water partition coefficient (Wildman–Crippen LogP) is 5.29. The molecule has 0 bridgehead atoms. The van der Waals surface area contributed by atoms with Crippen molar-refractivity contribution in [2.24, 2.45) is 28.6 Å². The molecule has 0 N–H and O–H groups in total. The number of benzene rings is 1. The van der Waals surface area contributed by atoms with Crippen LogP contribution < -0.4 is 0 Å². The van der Waals surface area contributed by atoms with E-state index in [1.54, 1.807) is 12.1 Å².